The molecular formula is C18H17F3O3S. The van der Waals surface area contributed by atoms with Crippen LogP contribution in [-0.2, 0) is 29.4 Å². The molecule has 0 aromatic heterocycles. The predicted molar refractivity (Wildman–Crippen MR) is 87.7 cm³/mol. The molecule has 25 heavy (non-hydrogen) atoms. The van der Waals surface area contributed by atoms with E-state index >= 15 is 0 Å². The van der Waals surface area contributed by atoms with Gasteiger partial charge in [0.25, 0.3) is 0 Å². The quantitative estimate of drug-likeness (QED) is 0.597. The van der Waals surface area contributed by atoms with Crippen LogP contribution in [0.25, 0.3) is 0 Å². The Bertz CT molecular complexity index is 846. The van der Waals surface area contributed by atoms with E-state index in [1.54, 1.807) is 6.07 Å². The summed E-state index contributed by atoms with van der Waals surface area (Å²) in [5.41, 5.74) is -2.29. The van der Waals surface area contributed by atoms with Gasteiger partial charge in [0.15, 0.2) is 0 Å². The predicted octanol–water partition coefficient (Wildman–Crippen LogP) is 4.26. The first-order valence-corrected chi connectivity index (χ1v) is 9.32. The highest BCUT2D eigenvalue weighted by molar-refractivity contribution is 7.88. The van der Waals surface area contributed by atoms with Crippen LogP contribution in [0.4, 0.5) is 13.2 Å². The molecule has 0 amide bonds. The van der Waals surface area contributed by atoms with Crippen molar-refractivity contribution in [3.8, 4) is 5.75 Å². The van der Waals surface area contributed by atoms with Crippen molar-refractivity contribution in [2.24, 2.45) is 5.92 Å². The molecule has 3 nitrogen and oxygen atoms in total. The monoisotopic (exact) mass is 370 g/mol. The van der Waals surface area contributed by atoms with Crippen LogP contribution in [0.5, 0.6) is 5.75 Å². The molecule has 2 aromatic carbocycles. The van der Waals surface area contributed by atoms with Crippen LogP contribution < -0.4 is 4.18 Å². The van der Waals surface area contributed by atoms with E-state index in [4.69, 9.17) is 0 Å². The van der Waals surface area contributed by atoms with E-state index in [-0.39, 0.29) is 5.75 Å². The van der Waals surface area contributed by atoms with Crippen molar-refractivity contribution in [2.75, 3.05) is 0 Å². The number of hydrogen-bond donors (Lipinski definition) is 0. The van der Waals surface area contributed by atoms with Crippen LogP contribution in [0.15, 0.2) is 48.5 Å². The fourth-order valence-electron chi connectivity index (χ4n) is 3.15. The zero-order valence-corrected chi connectivity index (χ0v) is 14.1. The lowest BCUT2D eigenvalue weighted by atomic mass is 9.81. The number of halogens is 3. The molecular weight excluding hydrogens is 353 g/mol. The summed E-state index contributed by atoms with van der Waals surface area (Å²) >= 11 is 0. The number of benzene rings is 2. The Morgan fingerprint density at radius 2 is 1.76 bits per heavy atom. The average molecular weight is 370 g/mol. The van der Waals surface area contributed by atoms with Gasteiger partial charge in [-0.15, -0.1) is 0 Å². The minimum atomic E-state index is -5.63. The average Bonchev–Trinajstić information content (AvgIpc) is 2.54. The van der Waals surface area contributed by atoms with Gasteiger partial charge in [-0.05, 0) is 60.4 Å². The van der Waals surface area contributed by atoms with Gasteiger partial charge in [0.1, 0.15) is 5.75 Å². The Hall–Kier alpha value is -2.02. The first-order chi connectivity index (χ1) is 11.7. The molecule has 0 aliphatic heterocycles. The molecule has 1 atom stereocenters. The molecule has 0 saturated carbocycles. The molecule has 1 unspecified atom stereocenters. The lowest BCUT2D eigenvalue weighted by Gasteiger charge is -2.25. The Labute approximate surface area is 144 Å². The summed E-state index contributed by atoms with van der Waals surface area (Å²) in [5, 5.41) is 0. The summed E-state index contributed by atoms with van der Waals surface area (Å²) in [4.78, 5) is 0. The molecule has 0 bridgehead atoms. The smallest absolute Gasteiger partial charge is 0.376 e. The third kappa shape index (κ3) is 4.15. The van der Waals surface area contributed by atoms with Gasteiger partial charge in [0.05, 0.1) is 0 Å². The van der Waals surface area contributed by atoms with Crippen molar-refractivity contribution in [2.45, 2.75) is 31.2 Å². The van der Waals surface area contributed by atoms with Crippen LogP contribution in [0.3, 0.4) is 0 Å². The van der Waals surface area contributed by atoms with Crippen LogP contribution in [-0.4, -0.2) is 13.9 Å². The zero-order valence-electron chi connectivity index (χ0n) is 13.3. The van der Waals surface area contributed by atoms with E-state index in [0.717, 1.165) is 30.4 Å². The fourth-order valence-corrected chi connectivity index (χ4v) is 3.61. The Morgan fingerprint density at radius 1 is 1.04 bits per heavy atom. The van der Waals surface area contributed by atoms with Crippen molar-refractivity contribution >= 4 is 10.1 Å². The number of aryl methyl sites for hydroxylation is 1. The molecule has 1 aliphatic rings. The topological polar surface area (TPSA) is 43.4 Å². The Balaban J connectivity index is 1.71. The van der Waals surface area contributed by atoms with Gasteiger partial charge in [-0.3, -0.25) is 0 Å². The molecule has 1 aliphatic carbocycles. The largest absolute Gasteiger partial charge is 0.534 e. The highest BCUT2D eigenvalue weighted by Gasteiger charge is 2.48. The normalized spacial score (nSPS) is 17.8. The van der Waals surface area contributed by atoms with Crippen LogP contribution in [0.2, 0.25) is 0 Å². The molecule has 134 valence electrons. The zero-order chi connectivity index (χ0) is 18.1. The minimum Gasteiger partial charge on any atom is -0.376 e. The van der Waals surface area contributed by atoms with E-state index in [0.29, 0.717) is 12.3 Å². The maximum absolute atomic E-state index is 12.4. The van der Waals surface area contributed by atoms with Crippen LogP contribution in [0.1, 0.15) is 23.1 Å². The molecule has 0 N–H and O–H groups in total. The lowest BCUT2D eigenvalue weighted by molar-refractivity contribution is -0.0500. The van der Waals surface area contributed by atoms with Gasteiger partial charge in [-0.2, -0.15) is 21.6 Å². The van der Waals surface area contributed by atoms with Crippen molar-refractivity contribution in [1.29, 1.82) is 0 Å². The lowest BCUT2D eigenvalue weighted by Crippen LogP contribution is -2.28. The third-order valence-corrected chi connectivity index (χ3v) is 5.34. The van der Waals surface area contributed by atoms with Gasteiger partial charge in [-0.1, -0.05) is 36.4 Å². The molecule has 0 saturated heterocycles. The Morgan fingerprint density at radius 3 is 2.44 bits per heavy atom. The van der Waals surface area contributed by atoms with E-state index in [1.165, 1.54) is 17.7 Å². The van der Waals surface area contributed by atoms with E-state index in [1.807, 2.05) is 18.2 Å². The summed E-state index contributed by atoms with van der Waals surface area (Å²) in [6.45, 7) is 0. The van der Waals surface area contributed by atoms with Crippen molar-refractivity contribution in [3.63, 3.8) is 0 Å². The van der Waals surface area contributed by atoms with Gasteiger partial charge in [0.2, 0.25) is 0 Å². The number of fused-ring (bicyclic) bond motifs is 1. The summed E-state index contributed by atoms with van der Waals surface area (Å²) in [7, 11) is -5.63. The minimum absolute atomic E-state index is 0.294. The fraction of sp³-hybridized carbons (Fsp3) is 0.333. The highest BCUT2D eigenvalue weighted by atomic mass is 32.2. The van der Waals surface area contributed by atoms with Crippen molar-refractivity contribution in [3.05, 3.63) is 65.2 Å². The van der Waals surface area contributed by atoms with Crippen LogP contribution >= 0.6 is 0 Å². The SMILES string of the molecule is O=S(=O)(Oc1ccc2c(c1)CCC(Cc1ccccc1)C2)C(F)(F)F. The Kier molecular flexibility index (Phi) is 4.77. The van der Waals surface area contributed by atoms with Gasteiger partial charge in [0, 0.05) is 0 Å². The van der Waals surface area contributed by atoms with E-state index < -0.39 is 15.6 Å². The maximum Gasteiger partial charge on any atom is 0.534 e. The van der Waals surface area contributed by atoms with Crippen LogP contribution in [0, 0.1) is 5.92 Å². The number of hydrogen-bond acceptors (Lipinski definition) is 3. The molecule has 3 rings (SSSR count). The molecule has 0 fully saturated rings. The second-order valence-electron chi connectivity index (χ2n) is 6.21. The van der Waals surface area contributed by atoms with Gasteiger partial charge in [-0.25, -0.2) is 0 Å². The van der Waals surface area contributed by atoms with Gasteiger partial charge < -0.3 is 4.18 Å². The number of alkyl halides is 3. The summed E-state index contributed by atoms with van der Waals surface area (Å²) in [5.74, 6) is 0.165. The second-order valence-corrected chi connectivity index (χ2v) is 7.75. The first-order valence-electron chi connectivity index (χ1n) is 7.91. The van der Waals surface area contributed by atoms with Crippen molar-refractivity contribution < 1.29 is 25.8 Å². The summed E-state index contributed by atoms with van der Waals surface area (Å²) < 4.78 is 63.6. The third-order valence-electron chi connectivity index (χ3n) is 4.36. The molecule has 0 heterocycles. The molecule has 0 spiro atoms. The second kappa shape index (κ2) is 6.71. The molecule has 7 heteroatoms. The van der Waals surface area contributed by atoms with Crippen molar-refractivity contribution in [1.82, 2.24) is 0 Å². The van der Waals surface area contributed by atoms with E-state index in [2.05, 4.69) is 16.3 Å². The standard InChI is InChI=1S/C18H17F3O3S/c19-18(20,21)25(22,23)24-17-9-8-15-11-14(6-7-16(15)12-17)10-13-4-2-1-3-5-13/h1-5,8-9,12,14H,6-7,10-11H2. The summed E-state index contributed by atoms with van der Waals surface area (Å²) in [6.07, 6.45) is 3.35. The highest BCUT2D eigenvalue weighted by Crippen LogP contribution is 2.32. The maximum atomic E-state index is 12.4. The summed E-state index contributed by atoms with van der Waals surface area (Å²) in [6, 6.07) is 14.5. The molecule has 2 aromatic rings. The first kappa shape index (κ1) is 17.8. The molecule has 0 radical (unpaired) electrons. The van der Waals surface area contributed by atoms with Gasteiger partial charge >= 0.3 is 15.6 Å². The number of rotatable bonds is 4. The van der Waals surface area contributed by atoms with E-state index in [9.17, 15) is 21.6 Å².